The van der Waals surface area contributed by atoms with Crippen LogP contribution in [0.3, 0.4) is 0 Å². The lowest BCUT2D eigenvalue weighted by atomic mass is 9.77. The van der Waals surface area contributed by atoms with Gasteiger partial charge in [0.1, 0.15) is 17.2 Å². The van der Waals surface area contributed by atoms with E-state index in [1.807, 2.05) is 32.0 Å². The van der Waals surface area contributed by atoms with Crippen LogP contribution in [0.2, 0.25) is 0 Å². The number of aliphatic hydroxyl groups excluding tert-OH is 1. The highest BCUT2D eigenvalue weighted by atomic mass is 16.4. The summed E-state index contributed by atoms with van der Waals surface area (Å²) in [7, 11) is 0. The number of amides is 1. The maximum atomic E-state index is 12.4. The SMILES string of the molecule is Cc1ccc(CC2NC(=O)C(N=Nc3cccc(C4CCCC(C(=O)O)C4)c3O)=C2O)cc1C. The second-order valence-electron chi connectivity index (χ2n) is 9.20. The number of benzene rings is 2. The molecule has 0 bridgehead atoms. The average molecular weight is 464 g/mol. The molecule has 2 aliphatic rings. The van der Waals surface area contributed by atoms with E-state index in [9.17, 15) is 24.9 Å². The number of aliphatic hydroxyl groups is 1. The topological polar surface area (TPSA) is 132 Å². The van der Waals surface area contributed by atoms with E-state index in [1.54, 1.807) is 18.2 Å². The van der Waals surface area contributed by atoms with Crippen LogP contribution in [0.25, 0.3) is 0 Å². The predicted octanol–water partition coefficient (Wildman–Crippen LogP) is 4.96. The quantitative estimate of drug-likeness (QED) is 0.450. The highest BCUT2D eigenvalue weighted by molar-refractivity contribution is 5.96. The Bertz CT molecular complexity index is 1190. The number of rotatable bonds is 6. The van der Waals surface area contributed by atoms with Crippen molar-refractivity contribution in [2.24, 2.45) is 16.1 Å². The van der Waals surface area contributed by atoms with Crippen LogP contribution in [0.4, 0.5) is 5.69 Å². The Morgan fingerprint density at radius 1 is 1.09 bits per heavy atom. The predicted molar refractivity (Wildman–Crippen MR) is 126 cm³/mol. The van der Waals surface area contributed by atoms with Gasteiger partial charge in [-0.3, -0.25) is 9.59 Å². The van der Waals surface area contributed by atoms with Gasteiger partial charge in [0.15, 0.2) is 5.70 Å². The van der Waals surface area contributed by atoms with E-state index in [2.05, 4.69) is 15.5 Å². The van der Waals surface area contributed by atoms with Crippen molar-refractivity contribution in [3.05, 3.63) is 70.1 Å². The molecule has 1 aliphatic carbocycles. The summed E-state index contributed by atoms with van der Waals surface area (Å²) < 4.78 is 0. The third kappa shape index (κ3) is 4.81. The molecule has 0 saturated heterocycles. The first kappa shape index (κ1) is 23.5. The first-order valence-corrected chi connectivity index (χ1v) is 11.5. The number of azo groups is 1. The number of nitrogens with zero attached hydrogens (tertiary/aromatic N) is 2. The number of hydrogen-bond donors (Lipinski definition) is 4. The summed E-state index contributed by atoms with van der Waals surface area (Å²) in [4.78, 5) is 23.8. The number of para-hydroxylation sites is 1. The Balaban J connectivity index is 1.53. The number of aryl methyl sites for hydroxylation is 2. The number of carbonyl (C=O) groups excluding carboxylic acids is 1. The zero-order valence-electron chi connectivity index (χ0n) is 19.3. The molecule has 1 saturated carbocycles. The number of carboxylic acids is 1. The highest BCUT2D eigenvalue weighted by Gasteiger charge is 2.33. The fourth-order valence-corrected chi connectivity index (χ4v) is 4.75. The van der Waals surface area contributed by atoms with Crippen LogP contribution < -0.4 is 5.32 Å². The molecule has 178 valence electrons. The van der Waals surface area contributed by atoms with Crippen LogP contribution in [0.1, 0.15) is 53.9 Å². The molecule has 8 heteroatoms. The number of hydrogen-bond acceptors (Lipinski definition) is 6. The minimum absolute atomic E-state index is 0.0764. The molecule has 1 aliphatic heterocycles. The third-order valence-corrected chi connectivity index (χ3v) is 6.87. The van der Waals surface area contributed by atoms with Gasteiger partial charge in [0.25, 0.3) is 5.91 Å². The summed E-state index contributed by atoms with van der Waals surface area (Å²) in [5.41, 5.74) is 3.90. The number of carbonyl (C=O) groups is 2. The van der Waals surface area contributed by atoms with Crippen molar-refractivity contribution < 1.29 is 24.9 Å². The molecule has 3 atom stereocenters. The number of aromatic hydroxyl groups is 1. The van der Waals surface area contributed by atoms with Gasteiger partial charge in [-0.2, -0.15) is 0 Å². The van der Waals surface area contributed by atoms with Crippen molar-refractivity contribution >= 4 is 17.6 Å². The van der Waals surface area contributed by atoms with Gasteiger partial charge in [-0.25, -0.2) is 0 Å². The molecule has 4 N–H and O–H groups in total. The Hall–Kier alpha value is -3.68. The molecule has 0 spiro atoms. The average Bonchev–Trinajstić information content (AvgIpc) is 3.08. The zero-order chi connectivity index (χ0) is 24.4. The summed E-state index contributed by atoms with van der Waals surface area (Å²) >= 11 is 0. The lowest BCUT2D eigenvalue weighted by Crippen LogP contribution is -2.30. The van der Waals surface area contributed by atoms with E-state index >= 15 is 0 Å². The number of carboxylic acid groups (broad SMARTS) is 1. The first-order chi connectivity index (χ1) is 16.2. The zero-order valence-corrected chi connectivity index (χ0v) is 19.3. The van der Waals surface area contributed by atoms with Crippen LogP contribution in [-0.4, -0.2) is 33.2 Å². The fourth-order valence-electron chi connectivity index (χ4n) is 4.75. The van der Waals surface area contributed by atoms with Gasteiger partial charge in [0.05, 0.1) is 12.0 Å². The van der Waals surface area contributed by atoms with E-state index in [1.165, 1.54) is 5.56 Å². The monoisotopic (exact) mass is 463 g/mol. The van der Waals surface area contributed by atoms with Gasteiger partial charge >= 0.3 is 5.97 Å². The standard InChI is InChI=1S/C26H29N3O5/c1-14-9-10-16(11-15(14)2)12-21-24(31)22(25(32)27-21)29-28-20-8-4-7-19(23(20)30)17-5-3-6-18(13-17)26(33)34/h4,7-11,17-18,21,30-31H,3,5-6,12-13H2,1-2H3,(H,27,32)(H,33,34). The molecular formula is C26H29N3O5. The van der Waals surface area contributed by atoms with E-state index in [4.69, 9.17) is 0 Å². The van der Waals surface area contributed by atoms with Crippen molar-refractivity contribution in [2.45, 2.75) is 57.9 Å². The van der Waals surface area contributed by atoms with Crippen molar-refractivity contribution in [1.82, 2.24) is 5.32 Å². The summed E-state index contributed by atoms with van der Waals surface area (Å²) in [5, 5.41) is 41.5. The fraction of sp³-hybridized carbons (Fsp3) is 0.385. The van der Waals surface area contributed by atoms with E-state index in [0.29, 0.717) is 24.8 Å². The Labute approximate surface area is 198 Å². The van der Waals surface area contributed by atoms with Crippen LogP contribution in [-0.2, 0) is 16.0 Å². The van der Waals surface area contributed by atoms with Crippen LogP contribution in [0.15, 0.2) is 58.1 Å². The number of nitrogens with one attached hydrogen (secondary N) is 1. The first-order valence-electron chi connectivity index (χ1n) is 11.5. The normalized spacial score (nSPS) is 22.9. The van der Waals surface area contributed by atoms with Crippen LogP contribution >= 0.6 is 0 Å². The summed E-state index contributed by atoms with van der Waals surface area (Å²) in [5.74, 6) is -2.12. The molecule has 0 radical (unpaired) electrons. The van der Waals surface area contributed by atoms with E-state index in [-0.39, 0.29) is 28.8 Å². The van der Waals surface area contributed by atoms with Crippen LogP contribution in [0, 0.1) is 19.8 Å². The molecule has 4 rings (SSSR count). The largest absolute Gasteiger partial charge is 0.508 e. The van der Waals surface area contributed by atoms with Crippen molar-refractivity contribution in [3.8, 4) is 5.75 Å². The molecule has 2 aromatic carbocycles. The Morgan fingerprint density at radius 2 is 1.88 bits per heavy atom. The van der Waals surface area contributed by atoms with Gasteiger partial charge in [-0.15, -0.1) is 10.2 Å². The van der Waals surface area contributed by atoms with Crippen LogP contribution in [0.5, 0.6) is 5.75 Å². The molecule has 1 amide bonds. The van der Waals surface area contributed by atoms with Gasteiger partial charge < -0.3 is 20.6 Å². The Kier molecular flexibility index (Phi) is 6.68. The van der Waals surface area contributed by atoms with Gasteiger partial charge in [-0.05, 0) is 73.8 Å². The summed E-state index contributed by atoms with van der Waals surface area (Å²) in [6.07, 6.45) is 3.07. The highest BCUT2D eigenvalue weighted by Crippen LogP contribution is 2.43. The lowest BCUT2D eigenvalue weighted by molar-refractivity contribution is -0.143. The minimum atomic E-state index is -0.815. The van der Waals surface area contributed by atoms with E-state index in [0.717, 1.165) is 24.0 Å². The summed E-state index contributed by atoms with van der Waals surface area (Å²) in [6, 6.07) is 10.4. The van der Waals surface area contributed by atoms with Crippen molar-refractivity contribution in [2.75, 3.05) is 0 Å². The lowest BCUT2D eigenvalue weighted by Gasteiger charge is -2.27. The molecule has 2 aromatic rings. The molecule has 1 fully saturated rings. The Morgan fingerprint density at radius 3 is 2.62 bits per heavy atom. The minimum Gasteiger partial charge on any atom is -0.508 e. The molecule has 1 heterocycles. The van der Waals surface area contributed by atoms with Crippen molar-refractivity contribution in [3.63, 3.8) is 0 Å². The summed E-state index contributed by atoms with van der Waals surface area (Å²) in [6.45, 7) is 4.03. The second-order valence-corrected chi connectivity index (χ2v) is 9.20. The smallest absolute Gasteiger partial charge is 0.306 e. The molecule has 8 nitrogen and oxygen atoms in total. The van der Waals surface area contributed by atoms with Gasteiger partial charge in [0, 0.05) is 0 Å². The number of phenols is 1. The number of phenolic OH excluding ortho intramolecular Hbond substituents is 1. The molecule has 3 unspecified atom stereocenters. The maximum absolute atomic E-state index is 12.4. The molecule has 34 heavy (non-hydrogen) atoms. The molecule has 0 aromatic heterocycles. The van der Waals surface area contributed by atoms with Gasteiger partial charge in [-0.1, -0.05) is 36.8 Å². The molecular weight excluding hydrogens is 434 g/mol. The van der Waals surface area contributed by atoms with Gasteiger partial charge in [0.2, 0.25) is 0 Å². The van der Waals surface area contributed by atoms with Crippen molar-refractivity contribution in [1.29, 1.82) is 0 Å². The second kappa shape index (κ2) is 9.67. The third-order valence-electron chi connectivity index (χ3n) is 6.87. The maximum Gasteiger partial charge on any atom is 0.306 e. The number of aliphatic carboxylic acids is 1. The van der Waals surface area contributed by atoms with E-state index < -0.39 is 23.8 Å².